The third-order valence-electron chi connectivity index (χ3n) is 4.14. The lowest BCUT2D eigenvalue weighted by Gasteiger charge is -2.34. The number of nitrogens with zero attached hydrogens (tertiary/aromatic N) is 1. The molecule has 0 aliphatic carbocycles. The van der Waals surface area contributed by atoms with Gasteiger partial charge in [-0.2, -0.15) is 8.78 Å². The quantitative estimate of drug-likeness (QED) is 0.840. The molecule has 2 rings (SSSR count). The van der Waals surface area contributed by atoms with Crippen molar-refractivity contribution in [3.05, 3.63) is 47.1 Å². The first kappa shape index (κ1) is 19.6. The molecule has 1 aliphatic heterocycles. The lowest BCUT2D eigenvalue weighted by molar-refractivity contribution is -0.170. The summed E-state index contributed by atoms with van der Waals surface area (Å²) < 4.78 is 49.0. The molecule has 1 heterocycles. The van der Waals surface area contributed by atoms with E-state index in [2.05, 4.69) is 5.43 Å². The van der Waals surface area contributed by atoms with Crippen molar-refractivity contribution in [2.75, 3.05) is 6.54 Å². The molecule has 7 heteroatoms. The van der Waals surface area contributed by atoms with E-state index >= 15 is 0 Å². The molecule has 0 bridgehead atoms. The Morgan fingerprint density at radius 3 is 2.56 bits per heavy atom. The maximum atomic E-state index is 14.8. The van der Waals surface area contributed by atoms with Gasteiger partial charge in [0.15, 0.2) is 0 Å². The van der Waals surface area contributed by atoms with Gasteiger partial charge < -0.3 is 14.9 Å². The van der Waals surface area contributed by atoms with Crippen LogP contribution in [0.4, 0.5) is 13.2 Å². The van der Waals surface area contributed by atoms with Crippen LogP contribution in [0.3, 0.4) is 0 Å². The summed E-state index contributed by atoms with van der Waals surface area (Å²) >= 11 is 0. The van der Waals surface area contributed by atoms with Gasteiger partial charge in [-0.25, -0.2) is 9.82 Å². The monoisotopic (exact) mass is 358 g/mol. The Morgan fingerprint density at radius 1 is 1.36 bits per heavy atom. The Bertz CT molecular complexity index is 656. The maximum absolute atomic E-state index is 14.8. The van der Waals surface area contributed by atoms with Gasteiger partial charge in [0.2, 0.25) is 0 Å². The number of hydrazine groups is 1. The molecule has 1 aromatic carbocycles. The van der Waals surface area contributed by atoms with Crippen LogP contribution in [0.1, 0.15) is 51.8 Å². The zero-order valence-electron chi connectivity index (χ0n) is 15.1. The van der Waals surface area contributed by atoms with Crippen LogP contribution in [0.15, 0.2) is 30.2 Å². The first-order valence-electron chi connectivity index (χ1n) is 8.20. The minimum Gasteiger partial charge on any atom is -0.492 e. The topological polar surface area (TPSA) is 44.7 Å². The highest BCUT2D eigenvalue weighted by Gasteiger charge is 2.49. The molecular formula is C18H25F3N2O2. The molecule has 4 nitrogen and oxygen atoms in total. The largest absolute Gasteiger partial charge is 0.492 e. The molecule has 0 radical (unpaired) electrons. The number of aliphatic hydroxyl groups is 1. The number of alkyl halides is 2. The highest BCUT2D eigenvalue weighted by Crippen LogP contribution is 2.41. The summed E-state index contributed by atoms with van der Waals surface area (Å²) in [5, 5.41) is 11.5. The number of halogens is 3. The van der Waals surface area contributed by atoms with Gasteiger partial charge >= 0.3 is 5.92 Å². The fourth-order valence-electron chi connectivity index (χ4n) is 2.80. The molecule has 1 aliphatic rings. The first-order valence-corrected chi connectivity index (χ1v) is 8.20. The van der Waals surface area contributed by atoms with Gasteiger partial charge in [-0.3, -0.25) is 0 Å². The fraction of sp³-hybridized carbons (Fsp3) is 0.556. The SMILES string of the molecule is CC1=CN(NC(C)c2cccc(C(F)(F)C(C)(C)O)c2F)C[C@@H](C)O1. The number of allylic oxidation sites excluding steroid dienone is 1. The van der Waals surface area contributed by atoms with Crippen LogP contribution >= 0.6 is 0 Å². The van der Waals surface area contributed by atoms with Crippen LogP contribution in [0.25, 0.3) is 0 Å². The molecule has 1 unspecified atom stereocenters. The van der Waals surface area contributed by atoms with Crippen molar-refractivity contribution >= 4 is 0 Å². The van der Waals surface area contributed by atoms with E-state index < -0.39 is 28.9 Å². The second-order valence-electron chi connectivity index (χ2n) is 7.01. The van der Waals surface area contributed by atoms with E-state index in [0.717, 1.165) is 19.9 Å². The summed E-state index contributed by atoms with van der Waals surface area (Å²) in [6.07, 6.45) is 1.70. The molecule has 0 fully saturated rings. The van der Waals surface area contributed by atoms with Crippen LogP contribution in [0.2, 0.25) is 0 Å². The van der Waals surface area contributed by atoms with Gasteiger partial charge in [-0.1, -0.05) is 12.1 Å². The smallest absolute Gasteiger partial charge is 0.303 e. The van der Waals surface area contributed by atoms with Gasteiger partial charge in [0.05, 0.1) is 24.4 Å². The first-order chi connectivity index (χ1) is 11.4. The van der Waals surface area contributed by atoms with Crippen molar-refractivity contribution in [2.24, 2.45) is 0 Å². The van der Waals surface area contributed by atoms with Crippen LogP contribution < -0.4 is 5.43 Å². The molecule has 0 saturated carbocycles. The zero-order chi connectivity index (χ0) is 19.0. The molecular weight excluding hydrogens is 333 g/mol. The second kappa shape index (κ2) is 6.88. The molecule has 0 aromatic heterocycles. The Kier molecular flexibility index (Phi) is 5.39. The number of nitrogens with one attached hydrogen (secondary N) is 1. The summed E-state index contributed by atoms with van der Waals surface area (Å²) in [5.41, 5.74) is 0.00284. The van der Waals surface area contributed by atoms with Crippen molar-refractivity contribution in [1.29, 1.82) is 0 Å². The Balaban J connectivity index is 2.28. The molecule has 2 atom stereocenters. The second-order valence-corrected chi connectivity index (χ2v) is 7.01. The molecule has 0 amide bonds. The summed E-state index contributed by atoms with van der Waals surface area (Å²) in [5.74, 6) is -4.02. The number of hydrogen-bond acceptors (Lipinski definition) is 4. The van der Waals surface area contributed by atoms with E-state index in [4.69, 9.17) is 4.74 Å². The maximum Gasteiger partial charge on any atom is 0.303 e. The molecule has 0 saturated heterocycles. The summed E-state index contributed by atoms with van der Waals surface area (Å²) in [6.45, 7) is 7.87. The normalized spacial score (nSPS) is 20.1. The molecule has 25 heavy (non-hydrogen) atoms. The van der Waals surface area contributed by atoms with Crippen molar-refractivity contribution in [2.45, 2.75) is 58.3 Å². The number of ether oxygens (including phenoxy) is 1. The van der Waals surface area contributed by atoms with Gasteiger partial charge in [0.25, 0.3) is 0 Å². The van der Waals surface area contributed by atoms with Gasteiger partial charge in [0.1, 0.15) is 23.3 Å². The Labute approximate surface area is 146 Å². The van der Waals surface area contributed by atoms with Crippen molar-refractivity contribution in [3.63, 3.8) is 0 Å². The van der Waals surface area contributed by atoms with Gasteiger partial charge in [-0.05, 0) is 40.7 Å². The van der Waals surface area contributed by atoms with Gasteiger partial charge in [0, 0.05) is 5.56 Å². The van der Waals surface area contributed by atoms with E-state index in [-0.39, 0.29) is 11.7 Å². The molecule has 0 spiro atoms. The number of benzene rings is 1. The molecule has 2 N–H and O–H groups in total. The van der Waals surface area contributed by atoms with Crippen LogP contribution in [0, 0.1) is 5.82 Å². The lowest BCUT2D eigenvalue weighted by atomic mass is 9.91. The average molecular weight is 358 g/mol. The van der Waals surface area contributed by atoms with Gasteiger partial charge in [-0.15, -0.1) is 0 Å². The third-order valence-corrected chi connectivity index (χ3v) is 4.14. The summed E-state index contributed by atoms with van der Waals surface area (Å²) in [4.78, 5) is 0. The predicted molar refractivity (Wildman–Crippen MR) is 89.2 cm³/mol. The molecule has 140 valence electrons. The van der Waals surface area contributed by atoms with E-state index in [0.29, 0.717) is 12.3 Å². The Morgan fingerprint density at radius 2 is 2.00 bits per heavy atom. The van der Waals surface area contributed by atoms with Crippen LogP contribution in [0.5, 0.6) is 0 Å². The minimum absolute atomic E-state index is 0.0413. The highest BCUT2D eigenvalue weighted by molar-refractivity contribution is 5.32. The number of rotatable bonds is 5. The molecule has 1 aromatic rings. The van der Waals surface area contributed by atoms with Crippen LogP contribution in [-0.2, 0) is 10.7 Å². The standard InChI is InChI=1S/C18H25F3N2O2/c1-11-9-23(10-12(2)25-11)22-13(3)14-7-6-8-15(16(14)19)18(20,21)17(4,5)24/h6-9,12-13,22,24H,10H2,1-5H3/t12-,13?/m1/s1. The van der Waals surface area contributed by atoms with Crippen molar-refractivity contribution in [3.8, 4) is 0 Å². The van der Waals surface area contributed by atoms with Crippen LogP contribution in [-0.4, -0.2) is 28.4 Å². The lowest BCUT2D eigenvalue weighted by Crippen LogP contribution is -2.43. The zero-order valence-corrected chi connectivity index (χ0v) is 15.1. The van der Waals surface area contributed by atoms with E-state index in [9.17, 15) is 18.3 Å². The highest BCUT2D eigenvalue weighted by atomic mass is 19.3. The average Bonchev–Trinajstić information content (AvgIpc) is 2.44. The van der Waals surface area contributed by atoms with E-state index in [1.54, 1.807) is 25.1 Å². The van der Waals surface area contributed by atoms with Crippen molar-refractivity contribution in [1.82, 2.24) is 10.4 Å². The fourth-order valence-corrected chi connectivity index (χ4v) is 2.80. The predicted octanol–water partition coefficient (Wildman–Crippen LogP) is 3.84. The van der Waals surface area contributed by atoms with Crippen molar-refractivity contribution < 1.29 is 23.0 Å². The summed E-state index contributed by atoms with van der Waals surface area (Å²) in [7, 11) is 0. The Hall–Kier alpha value is -1.73. The van der Waals surface area contributed by atoms with E-state index in [1.165, 1.54) is 12.1 Å². The third kappa shape index (κ3) is 4.10. The minimum atomic E-state index is -3.71. The number of hydrogen-bond donors (Lipinski definition) is 2. The van der Waals surface area contributed by atoms with E-state index in [1.807, 2.05) is 6.92 Å². The summed E-state index contributed by atoms with van der Waals surface area (Å²) in [6, 6.07) is 3.28.